The van der Waals surface area contributed by atoms with Gasteiger partial charge in [0.25, 0.3) is 0 Å². The molecule has 3 rings (SSSR count). The first-order valence-corrected chi connectivity index (χ1v) is 9.28. The fourth-order valence-electron chi connectivity index (χ4n) is 4.01. The monoisotopic (exact) mass is 382 g/mol. The Balaban J connectivity index is 1.46. The number of carbonyl (C=O) groups is 1. The number of fused-ring (bicyclic) bond motifs is 2. The SMILES string of the molecule is CC(Cc1ccc(F)c(Br)c1)NC(=O)CC1CC2CCC(C1)N2. The molecule has 0 aliphatic carbocycles. The number of benzene rings is 1. The second kappa shape index (κ2) is 7.31. The van der Waals surface area contributed by atoms with E-state index < -0.39 is 0 Å². The standard InChI is InChI=1S/C18H24BrFN2O/c1-11(6-12-2-5-17(20)16(19)9-12)21-18(23)10-13-7-14-3-4-15(8-13)22-14/h2,5,9,11,13-15,22H,3-4,6-8,10H2,1H3,(H,21,23). The normalized spacial score (nSPS) is 27.7. The Bertz CT molecular complexity index is 568. The fourth-order valence-corrected chi connectivity index (χ4v) is 4.44. The van der Waals surface area contributed by atoms with Gasteiger partial charge in [0.05, 0.1) is 4.47 Å². The van der Waals surface area contributed by atoms with Crippen molar-refractivity contribution in [2.75, 3.05) is 0 Å². The Morgan fingerprint density at radius 1 is 1.39 bits per heavy atom. The van der Waals surface area contributed by atoms with E-state index >= 15 is 0 Å². The number of amides is 1. The second-order valence-corrected chi connectivity index (χ2v) is 7.95. The van der Waals surface area contributed by atoms with E-state index in [4.69, 9.17) is 0 Å². The highest BCUT2D eigenvalue weighted by molar-refractivity contribution is 9.10. The van der Waals surface area contributed by atoms with Crippen LogP contribution in [0.5, 0.6) is 0 Å². The summed E-state index contributed by atoms with van der Waals surface area (Å²) in [7, 11) is 0. The summed E-state index contributed by atoms with van der Waals surface area (Å²) in [4.78, 5) is 12.3. The molecule has 1 aromatic rings. The summed E-state index contributed by atoms with van der Waals surface area (Å²) in [6.45, 7) is 2.00. The highest BCUT2D eigenvalue weighted by Gasteiger charge is 2.34. The van der Waals surface area contributed by atoms with Crippen molar-refractivity contribution in [2.45, 2.75) is 63.6 Å². The van der Waals surface area contributed by atoms with E-state index in [0.717, 1.165) is 18.4 Å². The number of hydrogen-bond donors (Lipinski definition) is 2. The Hall–Kier alpha value is -0.940. The van der Waals surface area contributed by atoms with Crippen LogP contribution < -0.4 is 10.6 Å². The molecule has 2 heterocycles. The number of hydrogen-bond acceptors (Lipinski definition) is 2. The molecule has 2 saturated heterocycles. The topological polar surface area (TPSA) is 41.1 Å². The van der Waals surface area contributed by atoms with E-state index in [1.807, 2.05) is 6.92 Å². The van der Waals surface area contributed by atoms with E-state index in [1.165, 1.54) is 18.9 Å². The molecule has 3 atom stereocenters. The summed E-state index contributed by atoms with van der Waals surface area (Å²) in [5, 5.41) is 6.70. The predicted octanol–water partition coefficient (Wildman–Crippen LogP) is 3.56. The second-order valence-electron chi connectivity index (χ2n) is 7.10. The van der Waals surface area contributed by atoms with Gasteiger partial charge >= 0.3 is 0 Å². The van der Waals surface area contributed by atoms with Gasteiger partial charge in [-0.15, -0.1) is 0 Å². The fraction of sp³-hybridized carbons (Fsp3) is 0.611. The Morgan fingerprint density at radius 2 is 2.09 bits per heavy atom. The molecule has 126 valence electrons. The molecule has 3 unspecified atom stereocenters. The van der Waals surface area contributed by atoms with Crippen molar-refractivity contribution in [2.24, 2.45) is 5.92 Å². The number of piperidine rings is 1. The molecule has 0 spiro atoms. The molecular weight excluding hydrogens is 359 g/mol. The first kappa shape index (κ1) is 16.9. The maximum atomic E-state index is 13.3. The molecule has 2 N–H and O–H groups in total. The number of halogens is 2. The third-order valence-corrected chi connectivity index (χ3v) is 5.59. The van der Waals surface area contributed by atoms with Gasteiger partial charge in [0.15, 0.2) is 0 Å². The lowest BCUT2D eigenvalue weighted by atomic mass is 9.89. The van der Waals surface area contributed by atoms with Crippen LogP contribution in [0.4, 0.5) is 4.39 Å². The molecule has 0 radical (unpaired) electrons. The Labute approximate surface area is 145 Å². The summed E-state index contributed by atoms with van der Waals surface area (Å²) in [6.07, 6.45) is 6.12. The molecular formula is C18H24BrFN2O. The maximum absolute atomic E-state index is 13.3. The Kier molecular flexibility index (Phi) is 5.37. The number of rotatable bonds is 5. The third-order valence-electron chi connectivity index (χ3n) is 4.98. The lowest BCUT2D eigenvalue weighted by molar-refractivity contribution is -0.122. The smallest absolute Gasteiger partial charge is 0.220 e. The molecule has 1 aromatic carbocycles. The number of nitrogens with one attached hydrogen (secondary N) is 2. The minimum absolute atomic E-state index is 0.0540. The molecule has 0 aromatic heterocycles. The Morgan fingerprint density at radius 3 is 2.74 bits per heavy atom. The highest BCUT2D eigenvalue weighted by Crippen LogP contribution is 2.32. The zero-order valence-corrected chi connectivity index (χ0v) is 15.0. The zero-order chi connectivity index (χ0) is 16.4. The minimum Gasteiger partial charge on any atom is -0.353 e. The molecule has 2 bridgehead atoms. The summed E-state index contributed by atoms with van der Waals surface area (Å²) < 4.78 is 13.7. The minimum atomic E-state index is -0.258. The van der Waals surface area contributed by atoms with Crippen LogP contribution in [0, 0.1) is 11.7 Å². The summed E-state index contributed by atoms with van der Waals surface area (Å²) in [5.74, 6) is 0.400. The van der Waals surface area contributed by atoms with Crippen LogP contribution in [0.3, 0.4) is 0 Å². The molecule has 0 saturated carbocycles. The lowest BCUT2D eigenvalue weighted by Crippen LogP contribution is -2.41. The molecule has 23 heavy (non-hydrogen) atoms. The molecule has 2 aliphatic heterocycles. The first-order valence-electron chi connectivity index (χ1n) is 8.49. The van der Waals surface area contributed by atoms with E-state index in [0.29, 0.717) is 35.3 Å². The van der Waals surface area contributed by atoms with Crippen LogP contribution in [-0.4, -0.2) is 24.0 Å². The van der Waals surface area contributed by atoms with Gasteiger partial charge in [0.1, 0.15) is 5.82 Å². The maximum Gasteiger partial charge on any atom is 0.220 e. The zero-order valence-electron chi connectivity index (χ0n) is 13.4. The van der Waals surface area contributed by atoms with Crippen molar-refractivity contribution in [1.29, 1.82) is 0 Å². The third kappa shape index (κ3) is 4.54. The average molecular weight is 383 g/mol. The van der Waals surface area contributed by atoms with E-state index in [1.54, 1.807) is 12.1 Å². The van der Waals surface area contributed by atoms with Crippen LogP contribution in [0.15, 0.2) is 22.7 Å². The van der Waals surface area contributed by atoms with Crippen LogP contribution >= 0.6 is 15.9 Å². The van der Waals surface area contributed by atoms with Gasteiger partial charge in [-0.1, -0.05) is 6.07 Å². The van der Waals surface area contributed by atoms with E-state index in [9.17, 15) is 9.18 Å². The van der Waals surface area contributed by atoms with Gasteiger partial charge < -0.3 is 10.6 Å². The van der Waals surface area contributed by atoms with Gasteiger partial charge in [-0.2, -0.15) is 0 Å². The van der Waals surface area contributed by atoms with Gasteiger partial charge in [0, 0.05) is 24.5 Å². The quantitative estimate of drug-likeness (QED) is 0.817. The van der Waals surface area contributed by atoms with Crippen LogP contribution in [0.2, 0.25) is 0 Å². The number of carbonyl (C=O) groups excluding carboxylic acids is 1. The summed E-state index contributed by atoms with van der Waals surface area (Å²) in [5.41, 5.74) is 1.02. The average Bonchev–Trinajstić information content (AvgIpc) is 2.81. The molecule has 2 fully saturated rings. The lowest BCUT2D eigenvalue weighted by Gasteiger charge is -2.29. The summed E-state index contributed by atoms with van der Waals surface area (Å²) >= 11 is 3.20. The van der Waals surface area contributed by atoms with Gasteiger partial charge in [-0.3, -0.25) is 4.79 Å². The molecule has 3 nitrogen and oxygen atoms in total. The summed E-state index contributed by atoms with van der Waals surface area (Å²) in [6, 6.07) is 6.31. The van der Waals surface area contributed by atoms with Crippen LogP contribution in [0.1, 0.15) is 44.6 Å². The first-order chi connectivity index (χ1) is 11.0. The van der Waals surface area contributed by atoms with Crippen LogP contribution in [0.25, 0.3) is 0 Å². The van der Waals surface area contributed by atoms with Gasteiger partial charge in [0.2, 0.25) is 5.91 Å². The van der Waals surface area contributed by atoms with Crippen molar-refractivity contribution >= 4 is 21.8 Å². The largest absolute Gasteiger partial charge is 0.353 e. The predicted molar refractivity (Wildman–Crippen MR) is 92.7 cm³/mol. The van der Waals surface area contributed by atoms with Gasteiger partial charge in [-0.25, -0.2) is 4.39 Å². The van der Waals surface area contributed by atoms with Crippen molar-refractivity contribution in [3.8, 4) is 0 Å². The van der Waals surface area contributed by atoms with E-state index in [-0.39, 0.29) is 17.8 Å². The molecule has 1 amide bonds. The van der Waals surface area contributed by atoms with Crippen molar-refractivity contribution in [3.63, 3.8) is 0 Å². The van der Waals surface area contributed by atoms with Crippen LogP contribution in [-0.2, 0) is 11.2 Å². The van der Waals surface area contributed by atoms with Gasteiger partial charge in [-0.05, 0) is 78.6 Å². The van der Waals surface area contributed by atoms with Crippen molar-refractivity contribution < 1.29 is 9.18 Å². The van der Waals surface area contributed by atoms with Crippen molar-refractivity contribution in [3.05, 3.63) is 34.1 Å². The molecule has 5 heteroatoms. The van der Waals surface area contributed by atoms with E-state index in [2.05, 4.69) is 26.6 Å². The highest BCUT2D eigenvalue weighted by atomic mass is 79.9. The van der Waals surface area contributed by atoms with Crippen molar-refractivity contribution in [1.82, 2.24) is 10.6 Å². The molecule has 2 aliphatic rings.